The molecule has 1 aromatic heterocycles. The SMILES string of the molecule is Cc1sc(C(=O)Nc2ccccc2C#N)cc1N. The molecule has 90 valence electrons. The molecule has 2 aromatic rings. The molecule has 5 heteroatoms. The lowest BCUT2D eigenvalue weighted by molar-refractivity contribution is 0.103. The van der Waals surface area contributed by atoms with E-state index in [0.717, 1.165) is 4.88 Å². The molecule has 18 heavy (non-hydrogen) atoms. The van der Waals surface area contributed by atoms with Gasteiger partial charge in [0.05, 0.1) is 16.1 Å². The standard InChI is InChI=1S/C13H11N3OS/c1-8-10(15)6-12(18-8)13(17)16-11-5-3-2-4-9(11)7-14/h2-6H,15H2,1H3,(H,16,17). The average Bonchev–Trinajstić information content (AvgIpc) is 2.70. The van der Waals surface area contributed by atoms with Crippen molar-refractivity contribution in [2.24, 2.45) is 0 Å². The Kier molecular flexibility index (Phi) is 3.31. The van der Waals surface area contributed by atoms with Crippen LogP contribution in [0.3, 0.4) is 0 Å². The number of carbonyl (C=O) groups is 1. The van der Waals surface area contributed by atoms with Crippen molar-refractivity contribution in [1.82, 2.24) is 0 Å². The zero-order valence-electron chi connectivity index (χ0n) is 9.73. The number of thiophene rings is 1. The second kappa shape index (κ2) is 4.90. The number of nitrogens with one attached hydrogen (secondary N) is 1. The van der Waals surface area contributed by atoms with Gasteiger partial charge in [0.15, 0.2) is 0 Å². The van der Waals surface area contributed by atoms with Gasteiger partial charge < -0.3 is 11.1 Å². The molecule has 0 aliphatic carbocycles. The number of hydrogen-bond acceptors (Lipinski definition) is 4. The Labute approximate surface area is 109 Å². The van der Waals surface area contributed by atoms with E-state index in [1.807, 2.05) is 13.0 Å². The molecule has 0 atom stereocenters. The summed E-state index contributed by atoms with van der Waals surface area (Å²) in [6.07, 6.45) is 0. The van der Waals surface area contributed by atoms with Crippen LogP contribution in [0, 0.1) is 18.3 Å². The van der Waals surface area contributed by atoms with E-state index in [0.29, 0.717) is 21.8 Å². The minimum atomic E-state index is -0.248. The predicted octanol–water partition coefficient (Wildman–Crippen LogP) is 2.76. The van der Waals surface area contributed by atoms with Crippen LogP contribution < -0.4 is 11.1 Å². The van der Waals surface area contributed by atoms with Gasteiger partial charge in [-0.25, -0.2) is 0 Å². The van der Waals surface area contributed by atoms with E-state index in [1.165, 1.54) is 11.3 Å². The van der Waals surface area contributed by atoms with E-state index < -0.39 is 0 Å². The van der Waals surface area contributed by atoms with Gasteiger partial charge in [-0.1, -0.05) is 12.1 Å². The zero-order valence-corrected chi connectivity index (χ0v) is 10.5. The third-order valence-electron chi connectivity index (χ3n) is 2.48. The maximum Gasteiger partial charge on any atom is 0.265 e. The summed E-state index contributed by atoms with van der Waals surface area (Å²) in [4.78, 5) is 13.4. The molecule has 3 N–H and O–H groups in total. The van der Waals surface area contributed by atoms with Crippen molar-refractivity contribution in [2.75, 3.05) is 11.1 Å². The third kappa shape index (κ3) is 2.34. The first-order valence-electron chi connectivity index (χ1n) is 5.28. The predicted molar refractivity (Wildman–Crippen MR) is 72.6 cm³/mol. The minimum Gasteiger partial charge on any atom is -0.398 e. The Morgan fingerprint density at radius 1 is 1.44 bits per heavy atom. The Morgan fingerprint density at radius 2 is 2.17 bits per heavy atom. The molecule has 0 unspecified atom stereocenters. The number of benzene rings is 1. The number of hydrogen-bond donors (Lipinski definition) is 2. The van der Waals surface area contributed by atoms with Crippen molar-refractivity contribution in [3.05, 3.63) is 45.6 Å². The maximum absolute atomic E-state index is 12.0. The molecule has 0 saturated carbocycles. The molecule has 0 aliphatic rings. The normalized spacial score (nSPS) is 9.78. The molecule has 0 aliphatic heterocycles. The van der Waals surface area contributed by atoms with Gasteiger partial charge >= 0.3 is 0 Å². The lowest BCUT2D eigenvalue weighted by Gasteiger charge is -2.04. The fourth-order valence-electron chi connectivity index (χ4n) is 1.48. The molecule has 0 bridgehead atoms. The number of nitrogens with zero attached hydrogens (tertiary/aromatic N) is 1. The van der Waals surface area contributed by atoms with E-state index in [4.69, 9.17) is 11.0 Å². The molecular weight excluding hydrogens is 246 g/mol. The van der Waals surface area contributed by atoms with Crippen molar-refractivity contribution in [3.63, 3.8) is 0 Å². The lowest BCUT2D eigenvalue weighted by Crippen LogP contribution is -2.11. The summed E-state index contributed by atoms with van der Waals surface area (Å²) in [5.74, 6) is -0.248. The number of anilines is 2. The van der Waals surface area contributed by atoms with Crippen molar-refractivity contribution in [1.29, 1.82) is 5.26 Å². The Balaban J connectivity index is 2.24. The summed E-state index contributed by atoms with van der Waals surface area (Å²) < 4.78 is 0. The molecule has 0 fully saturated rings. The first kappa shape index (κ1) is 12.1. The van der Waals surface area contributed by atoms with Gasteiger partial charge in [-0.2, -0.15) is 5.26 Å². The van der Waals surface area contributed by atoms with E-state index in [-0.39, 0.29) is 5.91 Å². The molecule has 1 amide bonds. The van der Waals surface area contributed by atoms with Crippen LogP contribution in [0.4, 0.5) is 11.4 Å². The smallest absolute Gasteiger partial charge is 0.265 e. The highest BCUT2D eigenvalue weighted by molar-refractivity contribution is 7.14. The molecule has 4 nitrogen and oxygen atoms in total. The fraction of sp³-hybridized carbons (Fsp3) is 0.0769. The fourth-order valence-corrected chi connectivity index (χ4v) is 2.32. The number of nitriles is 1. The number of carbonyl (C=O) groups excluding carboxylic acids is 1. The average molecular weight is 257 g/mol. The van der Waals surface area contributed by atoms with E-state index >= 15 is 0 Å². The van der Waals surface area contributed by atoms with Gasteiger partial charge in [0.25, 0.3) is 5.91 Å². The van der Waals surface area contributed by atoms with Crippen LogP contribution in [0.25, 0.3) is 0 Å². The van der Waals surface area contributed by atoms with Gasteiger partial charge in [-0.15, -0.1) is 11.3 Å². The molecule has 0 spiro atoms. The molecular formula is C13H11N3OS. The Bertz CT molecular complexity index is 620. The highest BCUT2D eigenvalue weighted by atomic mass is 32.1. The largest absolute Gasteiger partial charge is 0.398 e. The van der Waals surface area contributed by atoms with Gasteiger partial charge in [0.2, 0.25) is 0 Å². The number of aryl methyl sites for hydroxylation is 1. The van der Waals surface area contributed by atoms with Crippen LogP contribution in [-0.4, -0.2) is 5.91 Å². The number of amides is 1. The summed E-state index contributed by atoms with van der Waals surface area (Å²) in [5.41, 5.74) is 7.26. The topological polar surface area (TPSA) is 78.9 Å². The van der Waals surface area contributed by atoms with Crippen molar-refractivity contribution < 1.29 is 4.79 Å². The summed E-state index contributed by atoms with van der Waals surface area (Å²) in [7, 11) is 0. The zero-order chi connectivity index (χ0) is 13.1. The monoisotopic (exact) mass is 257 g/mol. The quantitative estimate of drug-likeness (QED) is 0.868. The summed E-state index contributed by atoms with van der Waals surface area (Å²) in [6.45, 7) is 1.86. The molecule has 1 heterocycles. The Morgan fingerprint density at radius 3 is 2.78 bits per heavy atom. The summed E-state index contributed by atoms with van der Waals surface area (Å²) in [6, 6.07) is 10.5. The minimum absolute atomic E-state index is 0.248. The van der Waals surface area contributed by atoms with Crippen LogP contribution in [-0.2, 0) is 0 Å². The first-order valence-corrected chi connectivity index (χ1v) is 6.10. The van der Waals surface area contributed by atoms with Crippen LogP contribution >= 0.6 is 11.3 Å². The number of rotatable bonds is 2. The van der Waals surface area contributed by atoms with Crippen LogP contribution in [0.2, 0.25) is 0 Å². The van der Waals surface area contributed by atoms with Crippen LogP contribution in [0.5, 0.6) is 0 Å². The van der Waals surface area contributed by atoms with Gasteiger partial charge in [-0.3, -0.25) is 4.79 Å². The highest BCUT2D eigenvalue weighted by Gasteiger charge is 2.12. The van der Waals surface area contributed by atoms with Crippen LogP contribution in [0.1, 0.15) is 20.1 Å². The number of nitrogens with two attached hydrogens (primary N) is 1. The second-order valence-electron chi connectivity index (χ2n) is 3.73. The van der Waals surface area contributed by atoms with Gasteiger partial charge in [0, 0.05) is 10.6 Å². The molecule has 0 radical (unpaired) electrons. The van der Waals surface area contributed by atoms with E-state index in [1.54, 1.807) is 30.3 Å². The summed E-state index contributed by atoms with van der Waals surface area (Å²) in [5, 5.41) is 11.6. The van der Waals surface area contributed by atoms with E-state index in [2.05, 4.69) is 5.32 Å². The Hall–Kier alpha value is -2.32. The first-order chi connectivity index (χ1) is 8.61. The van der Waals surface area contributed by atoms with Gasteiger partial charge in [0.1, 0.15) is 6.07 Å². The summed E-state index contributed by atoms with van der Waals surface area (Å²) >= 11 is 1.34. The number of nitrogen functional groups attached to an aromatic ring is 1. The van der Waals surface area contributed by atoms with Crippen molar-refractivity contribution in [3.8, 4) is 6.07 Å². The second-order valence-corrected chi connectivity index (χ2v) is 4.99. The van der Waals surface area contributed by atoms with Crippen molar-refractivity contribution >= 4 is 28.6 Å². The van der Waals surface area contributed by atoms with Gasteiger partial charge in [-0.05, 0) is 25.1 Å². The lowest BCUT2D eigenvalue weighted by atomic mass is 10.2. The van der Waals surface area contributed by atoms with E-state index in [9.17, 15) is 4.79 Å². The van der Waals surface area contributed by atoms with Crippen LogP contribution in [0.15, 0.2) is 30.3 Å². The van der Waals surface area contributed by atoms with Crippen molar-refractivity contribution in [2.45, 2.75) is 6.92 Å². The number of para-hydroxylation sites is 1. The molecule has 2 rings (SSSR count). The molecule has 1 aromatic carbocycles. The maximum atomic E-state index is 12.0. The highest BCUT2D eigenvalue weighted by Crippen LogP contribution is 2.24. The third-order valence-corrected chi connectivity index (χ3v) is 3.54. The molecule has 0 saturated heterocycles.